The normalized spacial score (nSPS) is 10.8. The summed E-state index contributed by atoms with van der Waals surface area (Å²) in [7, 11) is 0. The number of carbonyl (C=O) groups excluding carboxylic acids is 1. The quantitative estimate of drug-likeness (QED) is 0.295. The molecule has 0 bridgehead atoms. The van der Waals surface area contributed by atoms with Gasteiger partial charge in [-0.05, 0) is 30.3 Å². The van der Waals surface area contributed by atoms with Gasteiger partial charge in [0.2, 0.25) is 0 Å². The van der Waals surface area contributed by atoms with Crippen LogP contribution in [-0.4, -0.2) is 17.5 Å². The molecule has 0 aliphatic rings. The molecule has 0 fully saturated rings. The SMILES string of the molecule is C#CCOC(=O)Cc1cc(Oc2ccc(C(F)(F)F)cc2Cl)ccc1[N+](=O)[O-]. The molecule has 0 spiro atoms. The van der Waals surface area contributed by atoms with Gasteiger partial charge in [-0.25, -0.2) is 0 Å². The van der Waals surface area contributed by atoms with Crippen LogP contribution in [0.15, 0.2) is 36.4 Å². The standard InChI is InChI=1S/C18H11ClF3NO5/c1-2-7-27-17(24)9-11-8-13(4-5-15(11)23(25)26)28-16-6-3-12(10-14(16)19)18(20,21)22/h1,3-6,8,10H,7,9H2. The molecule has 2 aromatic carbocycles. The van der Waals surface area contributed by atoms with Crippen molar-refractivity contribution in [3.05, 3.63) is 62.7 Å². The third-order valence-electron chi connectivity index (χ3n) is 3.39. The second-order valence-corrected chi connectivity index (χ2v) is 5.74. The first-order valence-electron chi connectivity index (χ1n) is 7.53. The van der Waals surface area contributed by atoms with E-state index >= 15 is 0 Å². The first-order chi connectivity index (χ1) is 13.1. The van der Waals surface area contributed by atoms with Crippen molar-refractivity contribution in [1.29, 1.82) is 0 Å². The summed E-state index contributed by atoms with van der Waals surface area (Å²) in [4.78, 5) is 22.1. The van der Waals surface area contributed by atoms with E-state index in [-0.39, 0.29) is 34.4 Å². The summed E-state index contributed by atoms with van der Waals surface area (Å²) in [6.07, 6.45) is -0.0449. The van der Waals surface area contributed by atoms with E-state index in [2.05, 4.69) is 10.7 Å². The molecule has 0 amide bonds. The Morgan fingerprint density at radius 2 is 1.96 bits per heavy atom. The third-order valence-corrected chi connectivity index (χ3v) is 3.68. The smallest absolute Gasteiger partial charge is 0.416 e. The van der Waals surface area contributed by atoms with Crippen molar-refractivity contribution < 1.29 is 32.4 Å². The van der Waals surface area contributed by atoms with Gasteiger partial charge in [0.1, 0.15) is 11.5 Å². The van der Waals surface area contributed by atoms with Crippen molar-refractivity contribution in [2.75, 3.05) is 6.61 Å². The number of alkyl halides is 3. The van der Waals surface area contributed by atoms with Crippen LogP contribution in [0.25, 0.3) is 0 Å². The molecule has 0 atom stereocenters. The van der Waals surface area contributed by atoms with Crippen LogP contribution in [0.5, 0.6) is 11.5 Å². The van der Waals surface area contributed by atoms with Gasteiger partial charge < -0.3 is 9.47 Å². The van der Waals surface area contributed by atoms with Gasteiger partial charge in [-0.1, -0.05) is 17.5 Å². The number of hydrogen-bond donors (Lipinski definition) is 0. The maximum absolute atomic E-state index is 12.7. The summed E-state index contributed by atoms with van der Waals surface area (Å²) in [5, 5.41) is 10.8. The van der Waals surface area contributed by atoms with Crippen LogP contribution in [-0.2, 0) is 22.1 Å². The highest BCUT2D eigenvalue weighted by Gasteiger charge is 2.31. The molecule has 0 saturated carbocycles. The van der Waals surface area contributed by atoms with Crippen molar-refractivity contribution >= 4 is 23.3 Å². The lowest BCUT2D eigenvalue weighted by Gasteiger charge is -2.12. The Morgan fingerprint density at radius 1 is 1.25 bits per heavy atom. The fourth-order valence-corrected chi connectivity index (χ4v) is 2.38. The maximum atomic E-state index is 12.7. The summed E-state index contributed by atoms with van der Waals surface area (Å²) in [5.41, 5.74) is -1.33. The Kier molecular flexibility index (Phi) is 6.49. The van der Waals surface area contributed by atoms with E-state index in [0.29, 0.717) is 6.07 Å². The van der Waals surface area contributed by atoms with Crippen LogP contribution in [0.3, 0.4) is 0 Å². The minimum atomic E-state index is -4.57. The van der Waals surface area contributed by atoms with Crippen LogP contribution < -0.4 is 4.74 Å². The summed E-state index contributed by atoms with van der Waals surface area (Å²) < 4.78 is 48.2. The average molecular weight is 414 g/mol. The monoisotopic (exact) mass is 413 g/mol. The number of esters is 1. The van der Waals surface area contributed by atoms with Crippen LogP contribution in [0.4, 0.5) is 18.9 Å². The summed E-state index contributed by atoms with van der Waals surface area (Å²) in [5.74, 6) is 1.25. The number of nitrogens with zero attached hydrogens (tertiary/aromatic N) is 1. The van der Waals surface area contributed by atoms with Crippen LogP contribution in [0, 0.1) is 22.5 Å². The Balaban J connectivity index is 2.29. The molecule has 0 unspecified atom stereocenters. The lowest BCUT2D eigenvalue weighted by molar-refractivity contribution is -0.385. The molecule has 10 heteroatoms. The highest BCUT2D eigenvalue weighted by molar-refractivity contribution is 6.32. The van der Waals surface area contributed by atoms with Crippen molar-refractivity contribution in [3.63, 3.8) is 0 Å². The Morgan fingerprint density at radius 3 is 2.54 bits per heavy atom. The number of carbonyl (C=O) groups is 1. The average Bonchev–Trinajstić information content (AvgIpc) is 2.60. The number of halogens is 4. The lowest BCUT2D eigenvalue weighted by atomic mass is 10.1. The molecule has 2 rings (SSSR count). The van der Waals surface area contributed by atoms with E-state index < -0.39 is 29.1 Å². The van der Waals surface area contributed by atoms with Gasteiger partial charge in [0.05, 0.1) is 21.9 Å². The van der Waals surface area contributed by atoms with Gasteiger partial charge in [0.25, 0.3) is 5.69 Å². The predicted octanol–water partition coefficient (Wildman–Crippen LogP) is 4.78. The maximum Gasteiger partial charge on any atom is 0.416 e. The minimum Gasteiger partial charge on any atom is -0.456 e. The van der Waals surface area contributed by atoms with Crippen LogP contribution in [0.2, 0.25) is 5.02 Å². The Labute approximate surface area is 162 Å². The zero-order valence-electron chi connectivity index (χ0n) is 14.0. The number of benzene rings is 2. The van der Waals surface area contributed by atoms with E-state index in [1.165, 1.54) is 12.1 Å². The van der Waals surface area contributed by atoms with Crippen LogP contribution in [0.1, 0.15) is 11.1 Å². The molecule has 0 saturated heterocycles. The van der Waals surface area contributed by atoms with Crippen LogP contribution >= 0.6 is 11.6 Å². The molecular weight excluding hydrogens is 403 g/mol. The van der Waals surface area contributed by atoms with E-state index in [1.54, 1.807) is 0 Å². The minimum absolute atomic E-state index is 0.0208. The molecule has 146 valence electrons. The summed E-state index contributed by atoms with van der Waals surface area (Å²) >= 11 is 5.82. The summed E-state index contributed by atoms with van der Waals surface area (Å²) in [6, 6.07) is 6.02. The number of ether oxygens (including phenoxy) is 2. The fraction of sp³-hybridized carbons (Fsp3) is 0.167. The van der Waals surface area contributed by atoms with E-state index in [9.17, 15) is 28.1 Å². The topological polar surface area (TPSA) is 78.7 Å². The van der Waals surface area contributed by atoms with E-state index in [0.717, 1.165) is 18.2 Å². The molecule has 0 radical (unpaired) electrons. The van der Waals surface area contributed by atoms with E-state index in [1.807, 2.05) is 0 Å². The number of nitro groups is 1. The zero-order valence-corrected chi connectivity index (χ0v) is 14.7. The first kappa shape index (κ1) is 21.1. The molecular formula is C18H11ClF3NO5. The summed E-state index contributed by atoms with van der Waals surface area (Å²) in [6.45, 7) is -0.288. The zero-order chi connectivity index (χ0) is 20.9. The van der Waals surface area contributed by atoms with Gasteiger partial charge in [0.15, 0.2) is 6.61 Å². The largest absolute Gasteiger partial charge is 0.456 e. The fourth-order valence-electron chi connectivity index (χ4n) is 2.16. The van der Waals surface area contributed by atoms with Crippen molar-refractivity contribution in [2.45, 2.75) is 12.6 Å². The lowest BCUT2D eigenvalue weighted by Crippen LogP contribution is -2.09. The second kappa shape index (κ2) is 8.63. The van der Waals surface area contributed by atoms with Gasteiger partial charge in [0, 0.05) is 11.6 Å². The Bertz CT molecular complexity index is 953. The first-order valence-corrected chi connectivity index (χ1v) is 7.90. The molecule has 6 nitrogen and oxygen atoms in total. The number of nitro benzene ring substituents is 1. The van der Waals surface area contributed by atoms with Crippen molar-refractivity contribution in [2.24, 2.45) is 0 Å². The second-order valence-electron chi connectivity index (χ2n) is 5.33. The highest BCUT2D eigenvalue weighted by Crippen LogP contribution is 2.37. The predicted molar refractivity (Wildman–Crippen MR) is 93.1 cm³/mol. The molecule has 0 N–H and O–H groups in total. The van der Waals surface area contributed by atoms with Gasteiger partial charge in [-0.15, -0.1) is 6.42 Å². The van der Waals surface area contributed by atoms with Gasteiger partial charge in [-0.3, -0.25) is 14.9 Å². The van der Waals surface area contributed by atoms with Gasteiger partial charge in [-0.2, -0.15) is 13.2 Å². The molecule has 0 aliphatic heterocycles. The number of rotatable bonds is 6. The highest BCUT2D eigenvalue weighted by atomic mass is 35.5. The molecule has 28 heavy (non-hydrogen) atoms. The molecule has 0 heterocycles. The third kappa shape index (κ3) is 5.37. The molecule has 0 aliphatic carbocycles. The van der Waals surface area contributed by atoms with Gasteiger partial charge >= 0.3 is 12.1 Å². The van der Waals surface area contributed by atoms with E-state index in [4.69, 9.17) is 22.8 Å². The number of terminal acetylenes is 1. The molecule has 2 aromatic rings. The Hall–Kier alpha value is -3.25. The number of hydrogen-bond acceptors (Lipinski definition) is 5. The molecule has 0 aromatic heterocycles. The van der Waals surface area contributed by atoms with Crippen molar-refractivity contribution in [3.8, 4) is 23.8 Å². The van der Waals surface area contributed by atoms with Crippen molar-refractivity contribution in [1.82, 2.24) is 0 Å².